The fraction of sp³-hybridized carbons (Fsp3) is 0.379. The Hall–Kier alpha value is -4.20. The van der Waals surface area contributed by atoms with E-state index in [1.54, 1.807) is 44.1 Å². The largest absolute Gasteiger partial charge is 0.495 e. The Balaban J connectivity index is 1.19. The number of methoxy groups -OCH3 is 1. The molecule has 0 saturated carbocycles. The molecule has 2 atom stereocenters. The van der Waals surface area contributed by atoms with Gasteiger partial charge >= 0.3 is 0 Å². The maximum absolute atomic E-state index is 10.1. The lowest BCUT2D eigenvalue weighted by atomic mass is 9.87. The fourth-order valence-electron chi connectivity index (χ4n) is 5.41. The monoisotopic (exact) mass is 525 g/mol. The van der Waals surface area contributed by atoms with E-state index in [0.29, 0.717) is 28.9 Å². The zero-order valence-electron chi connectivity index (χ0n) is 22.3. The molecule has 4 aromatic rings. The van der Waals surface area contributed by atoms with Crippen molar-refractivity contribution in [1.82, 2.24) is 24.5 Å². The van der Waals surface area contributed by atoms with Crippen molar-refractivity contribution in [2.45, 2.75) is 44.5 Å². The summed E-state index contributed by atoms with van der Waals surface area (Å²) < 4.78 is 12.7. The molecule has 3 aliphatic rings. The van der Waals surface area contributed by atoms with Crippen LogP contribution in [0.1, 0.15) is 31.5 Å². The smallest absolute Gasteiger partial charge is 0.138 e. The molecule has 200 valence electrons. The van der Waals surface area contributed by atoms with Gasteiger partial charge in [0.25, 0.3) is 0 Å². The summed E-state index contributed by atoms with van der Waals surface area (Å²) in [7, 11) is 1.65. The summed E-state index contributed by atoms with van der Waals surface area (Å²) in [6.45, 7) is 6.20. The lowest BCUT2D eigenvalue weighted by molar-refractivity contribution is -0.00969. The Morgan fingerprint density at radius 3 is 2.54 bits per heavy atom. The SMILES string of the molecule is COc1ccc(CN2C3CC2CN(c2ccc(-c4cc(OCC(C)(C)O)cn5ncc(C#N)c45)cn2)C3)nc1. The van der Waals surface area contributed by atoms with Crippen molar-refractivity contribution in [2.24, 2.45) is 0 Å². The molecule has 0 amide bonds. The summed E-state index contributed by atoms with van der Waals surface area (Å²) in [5, 5.41) is 24.1. The Bertz CT molecular complexity index is 1510. The standard InChI is InChI=1S/C29H31N7O3/c1-29(2,37)18-39-25-9-26(28-20(10-30)12-33-36(28)17-25)19-4-7-27(32-11-19)34-15-22-8-23(16-34)35(22)14-21-5-6-24(38-3)13-31-21/h4-7,9,11-13,17,22-23,37H,8,14-16,18H2,1-3H3. The van der Waals surface area contributed by atoms with E-state index in [9.17, 15) is 10.4 Å². The number of hydrogen-bond donors (Lipinski definition) is 1. The quantitative estimate of drug-likeness (QED) is 0.370. The van der Waals surface area contributed by atoms with E-state index in [2.05, 4.69) is 26.0 Å². The molecule has 10 heteroatoms. The van der Waals surface area contributed by atoms with Crippen molar-refractivity contribution in [2.75, 3.05) is 31.7 Å². The van der Waals surface area contributed by atoms with Gasteiger partial charge in [-0.1, -0.05) is 0 Å². The van der Waals surface area contributed by atoms with E-state index in [-0.39, 0.29) is 6.61 Å². The number of piperidine rings is 1. The Labute approximate surface area is 227 Å². The van der Waals surface area contributed by atoms with Gasteiger partial charge in [-0.15, -0.1) is 0 Å². The second-order valence-electron chi connectivity index (χ2n) is 10.9. The summed E-state index contributed by atoms with van der Waals surface area (Å²) in [5.74, 6) is 2.27. The van der Waals surface area contributed by atoms with Crippen LogP contribution in [0.4, 0.5) is 5.82 Å². The van der Waals surface area contributed by atoms with Crippen LogP contribution >= 0.6 is 0 Å². The third-order valence-electron chi connectivity index (χ3n) is 7.40. The van der Waals surface area contributed by atoms with Crippen LogP contribution in [-0.2, 0) is 6.54 Å². The fourth-order valence-corrected chi connectivity index (χ4v) is 5.41. The normalized spacial score (nSPS) is 19.0. The van der Waals surface area contributed by atoms with Crippen LogP contribution in [0.25, 0.3) is 16.6 Å². The van der Waals surface area contributed by atoms with Crippen LogP contribution in [-0.4, -0.2) is 74.1 Å². The van der Waals surface area contributed by atoms with Crippen LogP contribution in [0, 0.1) is 11.3 Å². The van der Waals surface area contributed by atoms with E-state index >= 15 is 0 Å². The van der Waals surface area contributed by atoms with Crippen LogP contribution < -0.4 is 14.4 Å². The Morgan fingerprint density at radius 1 is 1.08 bits per heavy atom. The van der Waals surface area contributed by atoms with Crippen LogP contribution in [0.15, 0.2) is 55.1 Å². The predicted octanol–water partition coefficient (Wildman–Crippen LogP) is 3.28. The van der Waals surface area contributed by atoms with Gasteiger partial charge in [0.1, 0.15) is 30.0 Å². The average Bonchev–Trinajstić information content (AvgIpc) is 3.37. The van der Waals surface area contributed by atoms with Crippen molar-refractivity contribution < 1.29 is 14.6 Å². The van der Waals surface area contributed by atoms with E-state index in [4.69, 9.17) is 14.5 Å². The molecule has 1 N–H and O–H groups in total. The third-order valence-corrected chi connectivity index (χ3v) is 7.40. The van der Waals surface area contributed by atoms with Crippen molar-refractivity contribution >= 4 is 11.3 Å². The first-order chi connectivity index (χ1) is 18.8. The number of hydrogen-bond acceptors (Lipinski definition) is 9. The number of nitrogens with zero attached hydrogens (tertiary/aromatic N) is 7. The molecule has 3 aliphatic heterocycles. The van der Waals surface area contributed by atoms with Gasteiger partial charge < -0.3 is 19.5 Å². The predicted molar refractivity (Wildman–Crippen MR) is 146 cm³/mol. The second-order valence-corrected chi connectivity index (χ2v) is 10.9. The minimum atomic E-state index is -0.976. The molecule has 0 aliphatic carbocycles. The molecule has 7 heterocycles. The number of nitriles is 1. The first kappa shape index (κ1) is 25.1. The van der Waals surface area contributed by atoms with Crippen molar-refractivity contribution in [3.8, 4) is 28.7 Å². The van der Waals surface area contributed by atoms with Gasteiger partial charge in [-0.25, -0.2) is 9.50 Å². The van der Waals surface area contributed by atoms with E-state index in [0.717, 1.165) is 48.0 Å². The number of pyridine rings is 3. The van der Waals surface area contributed by atoms with Gasteiger partial charge in [-0.2, -0.15) is 10.4 Å². The minimum Gasteiger partial charge on any atom is -0.495 e. The van der Waals surface area contributed by atoms with E-state index < -0.39 is 5.60 Å². The summed E-state index contributed by atoms with van der Waals surface area (Å²) in [4.78, 5) is 14.2. The molecule has 4 aromatic heterocycles. The first-order valence-electron chi connectivity index (χ1n) is 13.0. The number of piperazine rings is 1. The molecule has 2 bridgehead atoms. The molecule has 0 radical (unpaired) electrons. The zero-order valence-corrected chi connectivity index (χ0v) is 22.3. The molecule has 10 nitrogen and oxygen atoms in total. The number of aliphatic hydroxyl groups is 1. The molecule has 3 fully saturated rings. The number of aromatic nitrogens is 4. The summed E-state index contributed by atoms with van der Waals surface area (Å²) >= 11 is 0. The summed E-state index contributed by atoms with van der Waals surface area (Å²) in [5.41, 5.74) is 2.92. The van der Waals surface area contributed by atoms with E-state index in [1.807, 2.05) is 36.5 Å². The van der Waals surface area contributed by atoms with Gasteiger partial charge in [0.05, 0.1) is 48.1 Å². The lowest BCUT2D eigenvalue weighted by Gasteiger charge is -2.56. The lowest BCUT2D eigenvalue weighted by Crippen LogP contribution is -2.68. The van der Waals surface area contributed by atoms with Gasteiger partial charge in [0, 0.05) is 49.0 Å². The molecule has 3 saturated heterocycles. The zero-order chi connectivity index (χ0) is 27.1. The third kappa shape index (κ3) is 4.99. The average molecular weight is 526 g/mol. The maximum Gasteiger partial charge on any atom is 0.138 e. The highest BCUT2D eigenvalue weighted by Gasteiger charge is 2.44. The Morgan fingerprint density at radius 2 is 1.90 bits per heavy atom. The highest BCUT2D eigenvalue weighted by atomic mass is 16.5. The highest BCUT2D eigenvalue weighted by Crippen LogP contribution is 2.36. The van der Waals surface area contributed by atoms with Gasteiger partial charge in [0.15, 0.2) is 0 Å². The van der Waals surface area contributed by atoms with Crippen LogP contribution in [0.3, 0.4) is 0 Å². The van der Waals surface area contributed by atoms with Crippen molar-refractivity contribution in [3.05, 3.63) is 66.4 Å². The van der Waals surface area contributed by atoms with Gasteiger partial charge in [-0.05, 0) is 50.6 Å². The van der Waals surface area contributed by atoms with Crippen LogP contribution in [0.5, 0.6) is 11.5 Å². The van der Waals surface area contributed by atoms with Crippen LogP contribution in [0.2, 0.25) is 0 Å². The number of anilines is 1. The number of ether oxygens (including phenoxy) is 2. The maximum atomic E-state index is 10.1. The molecule has 2 unspecified atom stereocenters. The molecule has 0 spiro atoms. The Kier molecular flexibility index (Phi) is 6.33. The minimum absolute atomic E-state index is 0.129. The topological polar surface area (TPSA) is 112 Å². The number of rotatable bonds is 8. The molecule has 7 rings (SSSR count). The molecular weight excluding hydrogens is 494 g/mol. The van der Waals surface area contributed by atoms with Gasteiger partial charge in [0.2, 0.25) is 0 Å². The molecular formula is C29H31N7O3. The molecule has 39 heavy (non-hydrogen) atoms. The van der Waals surface area contributed by atoms with Crippen molar-refractivity contribution in [3.63, 3.8) is 0 Å². The summed E-state index contributed by atoms with van der Waals surface area (Å²) in [6.07, 6.45) is 8.08. The van der Waals surface area contributed by atoms with E-state index in [1.165, 1.54) is 6.42 Å². The number of fused-ring (bicyclic) bond motifs is 3. The second kappa shape index (κ2) is 9.84. The molecule has 0 aromatic carbocycles. The van der Waals surface area contributed by atoms with Crippen molar-refractivity contribution in [1.29, 1.82) is 5.26 Å². The van der Waals surface area contributed by atoms with Gasteiger partial charge in [-0.3, -0.25) is 9.88 Å². The summed E-state index contributed by atoms with van der Waals surface area (Å²) in [6, 6.07) is 13.1. The highest BCUT2D eigenvalue weighted by molar-refractivity contribution is 5.85. The first-order valence-corrected chi connectivity index (χ1v) is 13.0.